The van der Waals surface area contributed by atoms with E-state index in [0.717, 1.165) is 32.4 Å². The lowest BCUT2D eigenvalue weighted by atomic mass is 9.90. The van der Waals surface area contributed by atoms with E-state index in [4.69, 9.17) is 0 Å². The average molecular weight is 364 g/mol. The van der Waals surface area contributed by atoms with Gasteiger partial charge in [-0.2, -0.15) is 0 Å². The molecule has 0 aliphatic carbocycles. The molecule has 2 aromatic rings. The summed E-state index contributed by atoms with van der Waals surface area (Å²) in [6, 6.07) is 17.0. The first-order valence-corrected chi connectivity index (χ1v) is 9.83. The molecule has 1 aliphatic rings. The Kier molecular flexibility index (Phi) is 6.46. The van der Waals surface area contributed by atoms with E-state index in [1.54, 1.807) is 0 Å². The molecule has 142 valence electrons. The Hall–Kier alpha value is -2.39. The predicted molar refractivity (Wildman–Crippen MR) is 111 cm³/mol. The van der Waals surface area contributed by atoms with Crippen molar-refractivity contribution < 1.29 is 9.90 Å². The van der Waals surface area contributed by atoms with Crippen molar-refractivity contribution in [3.05, 3.63) is 76.9 Å². The number of likely N-dealkylation sites (tertiary alicyclic amines) is 1. The Bertz CT molecular complexity index is 790. The standard InChI is InChI=1S/C24H29NO2/c1-18-9-6-10-19(2)23(18)22(20-11-4-3-5-12-20)14-8-16-25-15-7-13-21(17-25)24(26)27/h3-6,9-12,14,21H,7-8,13,15-17H2,1-2H3,(H,26,27)/b22-14-/t21-/m1/s1. The van der Waals surface area contributed by atoms with Gasteiger partial charge in [0.15, 0.2) is 0 Å². The molecule has 1 atom stereocenters. The van der Waals surface area contributed by atoms with Gasteiger partial charge in [0.1, 0.15) is 0 Å². The first-order chi connectivity index (χ1) is 13.1. The monoisotopic (exact) mass is 363 g/mol. The van der Waals surface area contributed by atoms with Gasteiger partial charge in [-0.25, -0.2) is 0 Å². The molecule has 1 heterocycles. The van der Waals surface area contributed by atoms with Gasteiger partial charge in [-0.3, -0.25) is 4.79 Å². The lowest BCUT2D eigenvalue weighted by molar-refractivity contribution is -0.143. The summed E-state index contributed by atoms with van der Waals surface area (Å²) in [6.45, 7) is 6.92. The normalized spacial score (nSPS) is 18.4. The highest BCUT2D eigenvalue weighted by Gasteiger charge is 2.24. The zero-order valence-electron chi connectivity index (χ0n) is 16.3. The van der Waals surface area contributed by atoms with Gasteiger partial charge >= 0.3 is 5.97 Å². The van der Waals surface area contributed by atoms with Gasteiger partial charge in [0, 0.05) is 13.1 Å². The van der Waals surface area contributed by atoms with Crippen molar-refractivity contribution in [2.45, 2.75) is 33.1 Å². The number of rotatable bonds is 6. The molecule has 3 heteroatoms. The molecule has 1 N–H and O–H groups in total. The molecule has 0 radical (unpaired) electrons. The van der Waals surface area contributed by atoms with Crippen LogP contribution in [0.15, 0.2) is 54.6 Å². The van der Waals surface area contributed by atoms with Crippen molar-refractivity contribution in [1.29, 1.82) is 0 Å². The largest absolute Gasteiger partial charge is 0.481 e. The number of benzene rings is 2. The second-order valence-corrected chi connectivity index (χ2v) is 7.52. The SMILES string of the molecule is Cc1cccc(C)c1/C(=C\CCN1CCC[C@@H](C(=O)O)C1)c1ccccc1. The summed E-state index contributed by atoms with van der Waals surface area (Å²) in [7, 11) is 0. The minimum absolute atomic E-state index is 0.213. The highest BCUT2D eigenvalue weighted by molar-refractivity contribution is 5.82. The van der Waals surface area contributed by atoms with Crippen molar-refractivity contribution >= 4 is 11.5 Å². The summed E-state index contributed by atoms with van der Waals surface area (Å²) >= 11 is 0. The van der Waals surface area contributed by atoms with Crippen molar-refractivity contribution in [2.75, 3.05) is 19.6 Å². The lowest BCUT2D eigenvalue weighted by Crippen LogP contribution is -2.39. The van der Waals surface area contributed by atoms with Gasteiger partial charge in [0.2, 0.25) is 0 Å². The minimum atomic E-state index is -0.657. The number of aryl methyl sites for hydroxylation is 2. The fourth-order valence-electron chi connectivity index (χ4n) is 4.07. The molecular formula is C24H29NO2. The van der Waals surface area contributed by atoms with E-state index in [1.807, 2.05) is 6.07 Å². The number of aliphatic carboxylic acids is 1. The molecule has 1 aliphatic heterocycles. The molecule has 1 fully saturated rings. The Morgan fingerprint density at radius 2 is 1.81 bits per heavy atom. The molecule has 2 aromatic carbocycles. The molecule has 0 unspecified atom stereocenters. The van der Waals surface area contributed by atoms with E-state index in [-0.39, 0.29) is 5.92 Å². The van der Waals surface area contributed by atoms with Crippen LogP contribution >= 0.6 is 0 Å². The molecule has 0 bridgehead atoms. The second-order valence-electron chi connectivity index (χ2n) is 7.52. The van der Waals surface area contributed by atoms with E-state index < -0.39 is 5.97 Å². The number of carboxylic acid groups (broad SMARTS) is 1. The Morgan fingerprint density at radius 3 is 2.48 bits per heavy atom. The quantitative estimate of drug-likeness (QED) is 0.792. The van der Waals surface area contributed by atoms with E-state index >= 15 is 0 Å². The Balaban J connectivity index is 1.81. The number of hydrogen-bond donors (Lipinski definition) is 1. The van der Waals surface area contributed by atoms with E-state index in [9.17, 15) is 9.90 Å². The topological polar surface area (TPSA) is 40.5 Å². The Morgan fingerprint density at radius 1 is 1.11 bits per heavy atom. The minimum Gasteiger partial charge on any atom is -0.481 e. The van der Waals surface area contributed by atoms with Gasteiger partial charge in [-0.1, -0.05) is 54.6 Å². The molecule has 0 spiro atoms. The van der Waals surface area contributed by atoms with Crippen molar-refractivity contribution in [1.82, 2.24) is 4.90 Å². The number of carboxylic acids is 1. The summed E-state index contributed by atoms with van der Waals surface area (Å²) in [5, 5.41) is 9.29. The number of piperidine rings is 1. The van der Waals surface area contributed by atoms with Crippen LogP contribution < -0.4 is 0 Å². The zero-order valence-corrected chi connectivity index (χ0v) is 16.3. The van der Waals surface area contributed by atoms with Crippen LogP contribution in [0.3, 0.4) is 0 Å². The maximum absolute atomic E-state index is 11.3. The molecule has 0 saturated carbocycles. The highest BCUT2D eigenvalue weighted by Crippen LogP contribution is 2.29. The van der Waals surface area contributed by atoms with Crippen LogP contribution in [-0.4, -0.2) is 35.6 Å². The summed E-state index contributed by atoms with van der Waals surface area (Å²) in [4.78, 5) is 13.6. The van der Waals surface area contributed by atoms with Crippen LogP contribution in [0.5, 0.6) is 0 Å². The summed E-state index contributed by atoms with van der Waals surface area (Å²) < 4.78 is 0. The first-order valence-electron chi connectivity index (χ1n) is 9.83. The zero-order chi connectivity index (χ0) is 19.2. The summed E-state index contributed by atoms with van der Waals surface area (Å²) in [5.41, 5.74) is 6.39. The van der Waals surface area contributed by atoms with Gasteiger partial charge in [0.25, 0.3) is 0 Å². The molecule has 3 rings (SSSR count). The number of carbonyl (C=O) groups is 1. The van der Waals surface area contributed by atoms with Crippen LogP contribution in [0.25, 0.3) is 5.57 Å². The van der Waals surface area contributed by atoms with Crippen LogP contribution in [0.2, 0.25) is 0 Å². The van der Waals surface area contributed by atoms with Crippen LogP contribution in [0.4, 0.5) is 0 Å². The van der Waals surface area contributed by atoms with Crippen molar-refractivity contribution in [3.8, 4) is 0 Å². The van der Waals surface area contributed by atoms with Crippen LogP contribution in [0.1, 0.15) is 41.5 Å². The van der Waals surface area contributed by atoms with Gasteiger partial charge in [-0.15, -0.1) is 0 Å². The van der Waals surface area contributed by atoms with E-state index in [1.165, 1.54) is 27.8 Å². The third kappa shape index (κ3) is 4.86. The fourth-order valence-corrected chi connectivity index (χ4v) is 4.07. The first kappa shape index (κ1) is 19.4. The molecule has 3 nitrogen and oxygen atoms in total. The maximum Gasteiger partial charge on any atom is 0.307 e. The van der Waals surface area contributed by atoms with Crippen LogP contribution in [0, 0.1) is 19.8 Å². The molecule has 1 saturated heterocycles. The van der Waals surface area contributed by atoms with Crippen LogP contribution in [-0.2, 0) is 4.79 Å². The number of hydrogen-bond acceptors (Lipinski definition) is 2. The lowest BCUT2D eigenvalue weighted by Gasteiger charge is -2.30. The highest BCUT2D eigenvalue weighted by atomic mass is 16.4. The number of nitrogens with zero attached hydrogens (tertiary/aromatic N) is 1. The molecule has 27 heavy (non-hydrogen) atoms. The van der Waals surface area contributed by atoms with E-state index in [2.05, 4.69) is 67.3 Å². The van der Waals surface area contributed by atoms with Crippen molar-refractivity contribution in [3.63, 3.8) is 0 Å². The van der Waals surface area contributed by atoms with Gasteiger partial charge in [0.05, 0.1) is 5.92 Å². The summed E-state index contributed by atoms with van der Waals surface area (Å²) in [6.07, 6.45) is 5.03. The van der Waals surface area contributed by atoms with Crippen molar-refractivity contribution in [2.24, 2.45) is 5.92 Å². The smallest absolute Gasteiger partial charge is 0.307 e. The Labute approximate surface area is 162 Å². The second kappa shape index (κ2) is 9.01. The van der Waals surface area contributed by atoms with Gasteiger partial charge < -0.3 is 10.0 Å². The maximum atomic E-state index is 11.3. The fraction of sp³-hybridized carbons (Fsp3) is 0.375. The third-order valence-corrected chi connectivity index (χ3v) is 5.48. The summed E-state index contributed by atoms with van der Waals surface area (Å²) in [5.74, 6) is -0.870. The predicted octanol–water partition coefficient (Wildman–Crippen LogP) is 4.92. The van der Waals surface area contributed by atoms with E-state index in [0.29, 0.717) is 6.54 Å². The molecule has 0 aromatic heterocycles. The van der Waals surface area contributed by atoms with Gasteiger partial charge in [-0.05, 0) is 67.5 Å². The average Bonchev–Trinajstić information content (AvgIpc) is 2.67. The molecular weight excluding hydrogens is 334 g/mol. The third-order valence-electron chi connectivity index (χ3n) is 5.48. The molecule has 0 amide bonds.